The van der Waals surface area contributed by atoms with Crippen molar-refractivity contribution in [3.63, 3.8) is 0 Å². The zero-order valence-corrected chi connectivity index (χ0v) is 22.8. The van der Waals surface area contributed by atoms with E-state index in [2.05, 4.69) is 23.7 Å². The lowest BCUT2D eigenvalue weighted by atomic mass is 10.1. The Labute approximate surface area is 218 Å². The molecule has 1 aromatic heterocycles. The number of pyridine rings is 1. The minimum Gasteiger partial charge on any atom is -0.492 e. The molecule has 1 heterocycles. The molecule has 1 amide bonds. The predicted octanol–water partition coefficient (Wildman–Crippen LogP) is 7.59. The van der Waals surface area contributed by atoms with E-state index < -0.39 is 0 Å². The summed E-state index contributed by atoms with van der Waals surface area (Å²) < 4.78 is 8.01. The van der Waals surface area contributed by atoms with E-state index in [1.807, 2.05) is 42.6 Å². The molecule has 0 aliphatic rings. The Morgan fingerprint density at radius 1 is 0.886 bits per heavy atom. The van der Waals surface area contributed by atoms with Crippen molar-refractivity contribution in [2.45, 2.75) is 110 Å². The molecule has 0 aliphatic heterocycles. The van der Waals surface area contributed by atoms with Gasteiger partial charge in [-0.25, -0.2) is 4.57 Å². The first-order valence-corrected chi connectivity index (χ1v) is 14.2. The van der Waals surface area contributed by atoms with Crippen LogP contribution in [0.5, 0.6) is 5.75 Å². The van der Waals surface area contributed by atoms with E-state index in [1.54, 1.807) is 0 Å². The van der Waals surface area contributed by atoms with Gasteiger partial charge in [-0.15, -0.1) is 0 Å². The number of aryl methyl sites for hydroxylation is 1. The van der Waals surface area contributed by atoms with Crippen LogP contribution in [0.1, 0.15) is 102 Å². The number of carbonyl (C=O) groups excluding carboxylic acids is 1. The summed E-state index contributed by atoms with van der Waals surface area (Å²) >= 11 is 6.42. The summed E-state index contributed by atoms with van der Waals surface area (Å²) in [6.07, 6.45) is 18.3. The van der Waals surface area contributed by atoms with Gasteiger partial charge < -0.3 is 10.1 Å². The van der Waals surface area contributed by atoms with Crippen LogP contribution in [-0.4, -0.2) is 12.5 Å². The molecule has 0 spiro atoms. The van der Waals surface area contributed by atoms with Crippen LogP contribution >= 0.6 is 11.6 Å². The van der Waals surface area contributed by atoms with Crippen molar-refractivity contribution in [3.8, 4) is 5.75 Å². The second kappa shape index (κ2) is 18.2. The molecule has 2 aromatic rings. The smallest absolute Gasteiger partial charge is 0.224 e. The van der Waals surface area contributed by atoms with Crippen molar-refractivity contribution in [2.24, 2.45) is 0 Å². The fourth-order valence-electron chi connectivity index (χ4n) is 4.31. The lowest BCUT2D eigenvalue weighted by Gasteiger charge is -2.10. The Morgan fingerprint density at radius 3 is 2.17 bits per heavy atom. The van der Waals surface area contributed by atoms with Crippen LogP contribution in [0.15, 0.2) is 42.6 Å². The molecule has 1 N–H and O–H groups in total. The summed E-state index contributed by atoms with van der Waals surface area (Å²) in [6.45, 7) is 6.44. The minimum atomic E-state index is -0.0160. The topological polar surface area (TPSA) is 42.2 Å². The predicted molar refractivity (Wildman–Crippen MR) is 146 cm³/mol. The average Bonchev–Trinajstić information content (AvgIpc) is 2.87. The second-order valence-electron chi connectivity index (χ2n) is 9.43. The van der Waals surface area contributed by atoms with Gasteiger partial charge in [0.05, 0.1) is 18.1 Å². The molecule has 0 bridgehead atoms. The molecule has 0 unspecified atom stereocenters. The van der Waals surface area contributed by atoms with Gasteiger partial charge in [0.25, 0.3) is 0 Å². The Morgan fingerprint density at radius 2 is 1.54 bits per heavy atom. The molecule has 0 atom stereocenters. The third kappa shape index (κ3) is 12.5. The van der Waals surface area contributed by atoms with Crippen LogP contribution in [0, 0.1) is 0 Å². The molecule has 35 heavy (non-hydrogen) atoms. The van der Waals surface area contributed by atoms with Crippen molar-refractivity contribution in [1.82, 2.24) is 5.32 Å². The Hall–Kier alpha value is -2.07. The normalized spacial score (nSPS) is 10.9. The molecule has 0 fully saturated rings. The highest BCUT2D eigenvalue weighted by molar-refractivity contribution is 6.32. The number of nitrogens with one attached hydrogen (secondary N) is 1. The maximum atomic E-state index is 12.4. The first kappa shape index (κ1) is 29.2. The Bertz CT molecular complexity index is 856. The summed E-state index contributed by atoms with van der Waals surface area (Å²) in [5.74, 6) is 0.685. The minimum absolute atomic E-state index is 0.0160. The zero-order chi connectivity index (χ0) is 25.1. The number of aromatic nitrogens is 1. The first-order chi connectivity index (χ1) is 17.1. The maximum Gasteiger partial charge on any atom is 0.224 e. The average molecular weight is 502 g/mol. The van der Waals surface area contributed by atoms with Gasteiger partial charge in [-0.05, 0) is 31.0 Å². The van der Waals surface area contributed by atoms with Gasteiger partial charge in [-0.1, -0.05) is 101 Å². The van der Waals surface area contributed by atoms with Crippen LogP contribution < -0.4 is 14.6 Å². The maximum absolute atomic E-state index is 12.4. The van der Waals surface area contributed by atoms with E-state index in [-0.39, 0.29) is 5.91 Å². The van der Waals surface area contributed by atoms with Crippen molar-refractivity contribution >= 4 is 17.5 Å². The lowest BCUT2D eigenvalue weighted by molar-refractivity contribution is -0.701. The Balaban J connectivity index is 1.56. The Kier molecular flexibility index (Phi) is 15.2. The standard InChI is InChI=1S/C30H45ClN2O2/c1-3-5-6-7-8-9-10-11-12-13-14-17-22-35-29-20-19-26(23-28(29)31)24-30(34)32-25-27-18-15-16-21-33(27)4-2/h15-16,18-21,23H,3-14,17,22,24-25H2,1-2H3/p+1. The van der Waals surface area contributed by atoms with Gasteiger partial charge >= 0.3 is 0 Å². The fraction of sp³-hybridized carbons (Fsp3) is 0.600. The largest absolute Gasteiger partial charge is 0.492 e. The highest BCUT2D eigenvalue weighted by atomic mass is 35.5. The molecule has 0 saturated heterocycles. The number of unbranched alkanes of at least 4 members (excludes halogenated alkanes) is 11. The number of carbonyl (C=O) groups is 1. The molecule has 5 heteroatoms. The van der Waals surface area contributed by atoms with Crippen molar-refractivity contribution in [1.29, 1.82) is 0 Å². The number of nitrogens with zero attached hydrogens (tertiary/aromatic N) is 1. The van der Waals surface area contributed by atoms with E-state index in [0.717, 1.165) is 24.2 Å². The van der Waals surface area contributed by atoms with Gasteiger partial charge in [0, 0.05) is 12.1 Å². The number of hydrogen-bond acceptors (Lipinski definition) is 2. The summed E-state index contributed by atoms with van der Waals surface area (Å²) in [5, 5.41) is 3.57. The van der Waals surface area contributed by atoms with Crippen molar-refractivity contribution in [2.75, 3.05) is 6.61 Å². The first-order valence-electron chi connectivity index (χ1n) is 13.8. The quantitative estimate of drug-likeness (QED) is 0.159. The van der Waals surface area contributed by atoms with Crippen LogP contribution in [0.4, 0.5) is 0 Å². The van der Waals surface area contributed by atoms with Crippen LogP contribution in [0.3, 0.4) is 0 Å². The van der Waals surface area contributed by atoms with Crippen LogP contribution in [-0.2, 0) is 24.3 Å². The van der Waals surface area contributed by atoms with E-state index in [1.165, 1.54) is 70.6 Å². The van der Waals surface area contributed by atoms with Gasteiger partial charge in [0.15, 0.2) is 6.20 Å². The third-order valence-electron chi connectivity index (χ3n) is 6.46. The van der Waals surface area contributed by atoms with E-state index in [4.69, 9.17) is 16.3 Å². The van der Waals surface area contributed by atoms with E-state index in [0.29, 0.717) is 30.3 Å². The molecule has 0 saturated carbocycles. The molecular weight excluding hydrogens is 456 g/mol. The summed E-state index contributed by atoms with van der Waals surface area (Å²) in [5.41, 5.74) is 1.98. The van der Waals surface area contributed by atoms with Crippen LogP contribution in [0.25, 0.3) is 0 Å². The number of hydrogen-bond donors (Lipinski definition) is 1. The monoisotopic (exact) mass is 501 g/mol. The third-order valence-corrected chi connectivity index (χ3v) is 6.75. The fourth-order valence-corrected chi connectivity index (χ4v) is 4.57. The number of halogens is 1. The van der Waals surface area contributed by atoms with E-state index in [9.17, 15) is 4.79 Å². The summed E-state index contributed by atoms with van der Waals surface area (Å²) in [6, 6.07) is 11.7. The number of benzene rings is 1. The van der Waals surface area contributed by atoms with Gasteiger partial charge in [-0.3, -0.25) is 4.79 Å². The van der Waals surface area contributed by atoms with Gasteiger partial charge in [0.2, 0.25) is 11.6 Å². The lowest BCUT2D eigenvalue weighted by Crippen LogP contribution is -2.40. The van der Waals surface area contributed by atoms with E-state index >= 15 is 0 Å². The van der Waals surface area contributed by atoms with Gasteiger partial charge in [-0.2, -0.15) is 0 Å². The summed E-state index contributed by atoms with van der Waals surface area (Å²) in [7, 11) is 0. The molecule has 194 valence electrons. The molecule has 1 aromatic carbocycles. The highest BCUT2D eigenvalue weighted by Gasteiger charge is 2.11. The molecule has 0 aliphatic carbocycles. The molecule has 4 nitrogen and oxygen atoms in total. The SMILES string of the molecule is CCCCCCCCCCCCCCOc1ccc(CC(=O)NCc2cccc[n+]2CC)cc1Cl. The molecular formula is C30H46ClN2O2+. The molecule has 0 radical (unpaired) electrons. The van der Waals surface area contributed by atoms with Crippen LogP contribution in [0.2, 0.25) is 5.02 Å². The van der Waals surface area contributed by atoms with Gasteiger partial charge in [0.1, 0.15) is 18.8 Å². The molecule has 2 rings (SSSR count). The second-order valence-corrected chi connectivity index (χ2v) is 9.84. The zero-order valence-electron chi connectivity index (χ0n) is 22.0. The highest BCUT2D eigenvalue weighted by Crippen LogP contribution is 2.26. The van der Waals surface area contributed by atoms with Crippen molar-refractivity contribution < 1.29 is 14.1 Å². The van der Waals surface area contributed by atoms with Crippen molar-refractivity contribution in [3.05, 3.63) is 58.9 Å². The number of rotatable bonds is 19. The number of ether oxygens (including phenoxy) is 1. The number of amides is 1. The summed E-state index contributed by atoms with van der Waals surface area (Å²) in [4.78, 5) is 12.4.